The lowest BCUT2D eigenvalue weighted by atomic mass is 9.81. The molecule has 1 fully saturated rings. The summed E-state index contributed by atoms with van der Waals surface area (Å²) >= 11 is 0. The van der Waals surface area contributed by atoms with Crippen molar-refractivity contribution in [3.8, 4) is 0 Å². The van der Waals surface area contributed by atoms with E-state index in [0.717, 1.165) is 44.5 Å². The molecule has 1 aliphatic rings. The van der Waals surface area contributed by atoms with Crippen LogP contribution in [0.2, 0.25) is 0 Å². The Morgan fingerprint density at radius 2 is 2.37 bits per heavy atom. The van der Waals surface area contributed by atoms with Gasteiger partial charge in [-0.1, -0.05) is 20.3 Å². The van der Waals surface area contributed by atoms with Crippen LogP contribution in [0.3, 0.4) is 0 Å². The van der Waals surface area contributed by atoms with Crippen LogP contribution in [-0.4, -0.2) is 25.8 Å². The fraction of sp³-hybridized carbons (Fsp3) is 0.786. The van der Waals surface area contributed by atoms with E-state index in [1.54, 1.807) is 0 Å². The Kier molecular flexibility index (Phi) is 4.22. The van der Waals surface area contributed by atoms with Gasteiger partial charge in [-0.05, 0) is 31.6 Å². The topological polar surface area (TPSA) is 68.0 Å². The number of rotatable bonds is 6. The van der Waals surface area contributed by atoms with Crippen LogP contribution >= 0.6 is 0 Å². The summed E-state index contributed by atoms with van der Waals surface area (Å²) in [4.78, 5) is 16.0. The number of aliphatic carboxylic acids is 1. The van der Waals surface area contributed by atoms with Gasteiger partial charge in [-0.3, -0.25) is 9.48 Å². The van der Waals surface area contributed by atoms with E-state index in [9.17, 15) is 9.90 Å². The first-order valence-corrected chi connectivity index (χ1v) is 7.21. The average Bonchev–Trinajstić information content (AvgIpc) is 2.99. The summed E-state index contributed by atoms with van der Waals surface area (Å²) in [6, 6.07) is 0. The summed E-state index contributed by atoms with van der Waals surface area (Å²) < 4.78 is 1.85. The molecule has 1 aromatic rings. The quantitative estimate of drug-likeness (QED) is 0.858. The van der Waals surface area contributed by atoms with Crippen LogP contribution in [0.4, 0.5) is 0 Å². The van der Waals surface area contributed by atoms with E-state index in [1.165, 1.54) is 6.33 Å². The Morgan fingerprint density at radius 3 is 2.95 bits per heavy atom. The van der Waals surface area contributed by atoms with Crippen LogP contribution < -0.4 is 0 Å². The molecule has 0 aromatic carbocycles. The number of carboxylic acid groups (broad SMARTS) is 1. The van der Waals surface area contributed by atoms with Crippen molar-refractivity contribution in [2.75, 3.05) is 0 Å². The summed E-state index contributed by atoms with van der Waals surface area (Å²) in [6.45, 7) is 5.03. The number of hydrogen-bond donors (Lipinski definition) is 1. The molecule has 2 atom stereocenters. The van der Waals surface area contributed by atoms with Crippen LogP contribution in [0.25, 0.3) is 0 Å². The zero-order valence-electron chi connectivity index (χ0n) is 11.8. The molecule has 1 saturated carbocycles. The number of carboxylic acids is 1. The highest BCUT2D eigenvalue weighted by molar-refractivity contribution is 5.75. The van der Waals surface area contributed by atoms with Gasteiger partial charge in [-0.25, -0.2) is 4.98 Å². The standard InChI is InChI=1S/C14H23N3O2/c1-3-7-17-12(15-10-16-17)9-14(13(18)19)6-5-11(4-2)8-14/h10-11H,3-9H2,1-2H3,(H,18,19). The molecule has 5 heteroatoms. The van der Waals surface area contributed by atoms with Crippen molar-refractivity contribution < 1.29 is 9.90 Å². The van der Waals surface area contributed by atoms with Gasteiger partial charge in [0.25, 0.3) is 0 Å². The smallest absolute Gasteiger partial charge is 0.310 e. The minimum absolute atomic E-state index is 0.513. The minimum Gasteiger partial charge on any atom is -0.481 e. The Balaban J connectivity index is 2.18. The van der Waals surface area contributed by atoms with Crippen molar-refractivity contribution >= 4 is 5.97 Å². The van der Waals surface area contributed by atoms with Crippen LogP contribution in [-0.2, 0) is 17.8 Å². The van der Waals surface area contributed by atoms with Gasteiger partial charge in [0.2, 0.25) is 0 Å². The largest absolute Gasteiger partial charge is 0.481 e. The molecule has 5 nitrogen and oxygen atoms in total. The van der Waals surface area contributed by atoms with E-state index in [0.29, 0.717) is 12.3 Å². The molecule has 0 radical (unpaired) electrons. The van der Waals surface area contributed by atoms with Gasteiger partial charge in [0, 0.05) is 13.0 Å². The van der Waals surface area contributed by atoms with Crippen molar-refractivity contribution in [3.63, 3.8) is 0 Å². The highest BCUT2D eigenvalue weighted by Crippen LogP contribution is 2.45. The lowest BCUT2D eigenvalue weighted by Crippen LogP contribution is -2.32. The molecule has 1 N–H and O–H groups in total. The highest BCUT2D eigenvalue weighted by atomic mass is 16.4. The summed E-state index contributed by atoms with van der Waals surface area (Å²) in [7, 11) is 0. The normalized spacial score (nSPS) is 26.7. The second kappa shape index (κ2) is 5.72. The second-order valence-corrected chi connectivity index (χ2v) is 5.68. The minimum atomic E-state index is -0.672. The molecule has 0 saturated heterocycles. The summed E-state index contributed by atoms with van der Waals surface area (Å²) in [5, 5.41) is 13.8. The molecule has 0 aliphatic heterocycles. The van der Waals surface area contributed by atoms with E-state index in [2.05, 4.69) is 23.9 Å². The molecule has 0 amide bonds. The first-order valence-electron chi connectivity index (χ1n) is 7.21. The maximum Gasteiger partial charge on any atom is 0.310 e. The van der Waals surface area contributed by atoms with Gasteiger partial charge in [0.1, 0.15) is 12.2 Å². The monoisotopic (exact) mass is 265 g/mol. The lowest BCUT2D eigenvalue weighted by Gasteiger charge is -2.24. The van der Waals surface area contributed by atoms with E-state index in [1.807, 2.05) is 4.68 Å². The van der Waals surface area contributed by atoms with E-state index < -0.39 is 11.4 Å². The molecule has 106 valence electrons. The first-order chi connectivity index (χ1) is 9.11. The van der Waals surface area contributed by atoms with Crippen LogP contribution in [0.5, 0.6) is 0 Å². The molecule has 2 unspecified atom stereocenters. The number of carbonyl (C=O) groups is 1. The van der Waals surface area contributed by atoms with Crippen molar-refractivity contribution in [1.82, 2.24) is 14.8 Å². The van der Waals surface area contributed by atoms with Gasteiger partial charge in [-0.15, -0.1) is 0 Å². The van der Waals surface area contributed by atoms with Crippen molar-refractivity contribution in [3.05, 3.63) is 12.2 Å². The Bertz CT molecular complexity index is 444. The van der Waals surface area contributed by atoms with E-state index >= 15 is 0 Å². The van der Waals surface area contributed by atoms with Gasteiger partial charge >= 0.3 is 5.97 Å². The third kappa shape index (κ3) is 2.80. The second-order valence-electron chi connectivity index (χ2n) is 5.68. The molecule has 2 rings (SSSR count). The SMILES string of the molecule is CCCn1ncnc1CC1(C(=O)O)CCC(CC)C1. The van der Waals surface area contributed by atoms with Gasteiger partial charge < -0.3 is 5.11 Å². The molecule has 1 aromatic heterocycles. The predicted molar refractivity (Wildman–Crippen MR) is 71.7 cm³/mol. The molecule has 0 spiro atoms. The van der Waals surface area contributed by atoms with E-state index in [-0.39, 0.29) is 0 Å². The van der Waals surface area contributed by atoms with Gasteiger partial charge in [0.05, 0.1) is 5.41 Å². The molecule has 19 heavy (non-hydrogen) atoms. The highest BCUT2D eigenvalue weighted by Gasteiger charge is 2.45. The van der Waals surface area contributed by atoms with Crippen LogP contribution in [0.1, 0.15) is 51.8 Å². The molecule has 0 bridgehead atoms. The average molecular weight is 265 g/mol. The molecular formula is C14H23N3O2. The molecular weight excluding hydrogens is 242 g/mol. The zero-order chi connectivity index (χ0) is 13.9. The first kappa shape index (κ1) is 14.0. The van der Waals surface area contributed by atoms with Crippen molar-refractivity contribution in [2.45, 2.75) is 58.9 Å². The Hall–Kier alpha value is -1.39. The third-order valence-electron chi connectivity index (χ3n) is 4.37. The molecule has 1 aliphatic carbocycles. The van der Waals surface area contributed by atoms with E-state index in [4.69, 9.17) is 0 Å². The number of aromatic nitrogens is 3. The summed E-state index contributed by atoms with van der Waals surface area (Å²) in [6.07, 6.45) is 6.65. The summed E-state index contributed by atoms with van der Waals surface area (Å²) in [5.41, 5.74) is -0.626. The van der Waals surface area contributed by atoms with Crippen LogP contribution in [0, 0.1) is 11.3 Å². The number of aryl methyl sites for hydroxylation is 1. The summed E-state index contributed by atoms with van der Waals surface area (Å²) in [5.74, 6) is 0.689. The number of nitrogens with zero attached hydrogens (tertiary/aromatic N) is 3. The Morgan fingerprint density at radius 1 is 1.58 bits per heavy atom. The van der Waals surface area contributed by atoms with Crippen LogP contribution in [0.15, 0.2) is 6.33 Å². The van der Waals surface area contributed by atoms with Gasteiger partial charge in [-0.2, -0.15) is 5.10 Å². The number of hydrogen-bond acceptors (Lipinski definition) is 3. The van der Waals surface area contributed by atoms with Gasteiger partial charge in [0.15, 0.2) is 0 Å². The third-order valence-corrected chi connectivity index (χ3v) is 4.37. The molecule has 1 heterocycles. The van der Waals surface area contributed by atoms with Crippen molar-refractivity contribution in [1.29, 1.82) is 0 Å². The maximum atomic E-state index is 11.7. The maximum absolute atomic E-state index is 11.7. The fourth-order valence-electron chi connectivity index (χ4n) is 3.14. The van der Waals surface area contributed by atoms with Crippen molar-refractivity contribution in [2.24, 2.45) is 11.3 Å². The zero-order valence-corrected chi connectivity index (χ0v) is 11.8. The fourth-order valence-corrected chi connectivity index (χ4v) is 3.14. The predicted octanol–water partition coefficient (Wildman–Crippen LogP) is 2.51. The Labute approximate surface area is 114 Å². The lowest BCUT2D eigenvalue weighted by molar-refractivity contribution is -0.148.